The Kier molecular flexibility index (Phi) is 3.82. The minimum absolute atomic E-state index is 0.114. The molecule has 0 fully saturated rings. The average Bonchev–Trinajstić information content (AvgIpc) is 2.26. The van der Waals surface area contributed by atoms with Gasteiger partial charge in [0.25, 0.3) is 0 Å². The van der Waals surface area contributed by atoms with Crippen molar-refractivity contribution in [2.24, 2.45) is 5.73 Å². The maximum absolute atomic E-state index is 11.0. The topological polar surface area (TPSA) is 72.2 Å². The monoisotopic (exact) mass is 192 g/mol. The van der Waals surface area contributed by atoms with Gasteiger partial charge in [0, 0.05) is 0 Å². The van der Waals surface area contributed by atoms with E-state index in [1.54, 1.807) is 24.3 Å². The van der Waals surface area contributed by atoms with Gasteiger partial charge in [0.15, 0.2) is 0 Å². The molecule has 0 aliphatic carbocycles. The summed E-state index contributed by atoms with van der Waals surface area (Å²) in [6.45, 7) is -0.114. The van der Waals surface area contributed by atoms with Crippen molar-refractivity contribution in [3.8, 4) is 0 Å². The first-order chi connectivity index (χ1) is 6.77. The number of hydrogen-bond acceptors (Lipinski definition) is 3. The van der Waals surface area contributed by atoms with Crippen LogP contribution in [0.1, 0.15) is 11.6 Å². The first-order valence-electron chi connectivity index (χ1n) is 4.27. The van der Waals surface area contributed by atoms with E-state index in [0.29, 0.717) is 6.29 Å². The summed E-state index contributed by atoms with van der Waals surface area (Å²) in [6, 6.07) is 8.40. The molecule has 3 N–H and O–H groups in total. The fraction of sp³-hybridized carbons (Fsp3) is 0.200. The van der Waals surface area contributed by atoms with Gasteiger partial charge in [-0.15, -0.1) is 0 Å². The normalized spacial score (nSPS) is 11.8. The van der Waals surface area contributed by atoms with Crippen molar-refractivity contribution >= 4 is 12.2 Å². The lowest BCUT2D eigenvalue weighted by Gasteiger charge is -2.11. The predicted octanol–water partition coefficient (Wildman–Crippen LogP) is 0.00150. The Morgan fingerprint density at radius 1 is 1.43 bits per heavy atom. The Morgan fingerprint density at radius 3 is 2.57 bits per heavy atom. The minimum atomic E-state index is -0.604. The van der Waals surface area contributed by atoms with Gasteiger partial charge in [0.2, 0.25) is 5.91 Å². The maximum Gasteiger partial charge on any atom is 0.234 e. The zero-order valence-corrected chi connectivity index (χ0v) is 7.64. The molecule has 1 aromatic carbocycles. The molecule has 1 aromatic rings. The second-order valence-corrected chi connectivity index (χ2v) is 2.80. The van der Waals surface area contributed by atoms with Crippen LogP contribution in [0.15, 0.2) is 30.3 Å². The average molecular weight is 192 g/mol. The standard InChI is InChI=1S/C10H12N2O2/c11-6-10(14)12-9(7-13)8-4-2-1-3-5-8/h1-5,7,9H,6,11H2,(H,12,14). The van der Waals surface area contributed by atoms with E-state index < -0.39 is 6.04 Å². The highest BCUT2D eigenvalue weighted by molar-refractivity contribution is 5.81. The smallest absolute Gasteiger partial charge is 0.234 e. The molecule has 0 aliphatic heterocycles. The van der Waals surface area contributed by atoms with Crippen molar-refractivity contribution in [1.82, 2.24) is 5.32 Å². The first-order valence-corrected chi connectivity index (χ1v) is 4.27. The van der Waals surface area contributed by atoms with Gasteiger partial charge in [0.05, 0.1) is 6.54 Å². The molecular weight excluding hydrogens is 180 g/mol. The highest BCUT2D eigenvalue weighted by atomic mass is 16.2. The van der Waals surface area contributed by atoms with Gasteiger partial charge < -0.3 is 15.8 Å². The van der Waals surface area contributed by atoms with Crippen molar-refractivity contribution in [3.05, 3.63) is 35.9 Å². The number of amides is 1. The van der Waals surface area contributed by atoms with Crippen molar-refractivity contribution in [2.75, 3.05) is 6.54 Å². The van der Waals surface area contributed by atoms with Crippen molar-refractivity contribution in [2.45, 2.75) is 6.04 Å². The zero-order valence-electron chi connectivity index (χ0n) is 7.64. The Labute approximate surface area is 82.1 Å². The molecule has 0 aromatic heterocycles. The third-order valence-corrected chi connectivity index (χ3v) is 1.80. The number of benzene rings is 1. The van der Waals surface area contributed by atoms with Gasteiger partial charge in [-0.3, -0.25) is 4.79 Å². The van der Waals surface area contributed by atoms with Gasteiger partial charge in [-0.2, -0.15) is 0 Å². The molecule has 74 valence electrons. The number of nitrogens with one attached hydrogen (secondary N) is 1. The summed E-state index contributed by atoms with van der Waals surface area (Å²) in [5.41, 5.74) is 5.88. The van der Waals surface area contributed by atoms with Gasteiger partial charge in [-0.25, -0.2) is 0 Å². The molecule has 1 unspecified atom stereocenters. The zero-order chi connectivity index (χ0) is 10.4. The number of aldehydes is 1. The number of rotatable bonds is 4. The SMILES string of the molecule is NCC(=O)NC(C=O)c1ccccc1. The number of carbonyl (C=O) groups is 2. The summed E-state index contributed by atoms with van der Waals surface area (Å²) in [5, 5.41) is 2.50. The second kappa shape index (κ2) is 5.14. The quantitative estimate of drug-likeness (QED) is 0.659. The predicted molar refractivity (Wildman–Crippen MR) is 52.4 cm³/mol. The lowest BCUT2D eigenvalue weighted by Crippen LogP contribution is -2.34. The third-order valence-electron chi connectivity index (χ3n) is 1.80. The van der Waals surface area contributed by atoms with Crippen LogP contribution in [0.2, 0.25) is 0 Å². The molecule has 0 aliphatic rings. The molecule has 1 atom stereocenters. The van der Waals surface area contributed by atoms with Crippen LogP contribution in [-0.4, -0.2) is 18.7 Å². The highest BCUT2D eigenvalue weighted by Gasteiger charge is 2.11. The van der Waals surface area contributed by atoms with E-state index in [0.717, 1.165) is 5.56 Å². The van der Waals surface area contributed by atoms with E-state index in [9.17, 15) is 9.59 Å². The Morgan fingerprint density at radius 2 is 2.07 bits per heavy atom. The highest BCUT2D eigenvalue weighted by Crippen LogP contribution is 2.08. The Balaban J connectivity index is 2.73. The Bertz CT molecular complexity index is 311. The van der Waals surface area contributed by atoms with E-state index in [1.165, 1.54) is 0 Å². The van der Waals surface area contributed by atoms with Crippen molar-refractivity contribution in [1.29, 1.82) is 0 Å². The Hall–Kier alpha value is -1.68. The van der Waals surface area contributed by atoms with Gasteiger partial charge in [0.1, 0.15) is 12.3 Å². The first kappa shape index (κ1) is 10.4. The fourth-order valence-corrected chi connectivity index (χ4v) is 1.09. The molecule has 1 amide bonds. The van der Waals surface area contributed by atoms with Crippen LogP contribution < -0.4 is 11.1 Å². The summed E-state index contributed by atoms with van der Waals surface area (Å²) >= 11 is 0. The van der Waals surface area contributed by atoms with E-state index in [4.69, 9.17) is 5.73 Å². The van der Waals surface area contributed by atoms with Gasteiger partial charge in [-0.1, -0.05) is 30.3 Å². The summed E-state index contributed by atoms with van der Waals surface area (Å²) in [6.07, 6.45) is 0.683. The van der Waals surface area contributed by atoms with Crippen molar-refractivity contribution in [3.63, 3.8) is 0 Å². The minimum Gasteiger partial charge on any atom is -0.341 e. The van der Waals surface area contributed by atoms with Crippen LogP contribution >= 0.6 is 0 Å². The molecule has 0 bridgehead atoms. The lowest BCUT2D eigenvalue weighted by molar-refractivity contribution is -0.122. The molecule has 4 nitrogen and oxygen atoms in total. The third kappa shape index (κ3) is 2.67. The second-order valence-electron chi connectivity index (χ2n) is 2.80. The summed E-state index contributed by atoms with van der Waals surface area (Å²) < 4.78 is 0. The van der Waals surface area contributed by atoms with E-state index in [-0.39, 0.29) is 12.5 Å². The van der Waals surface area contributed by atoms with Crippen LogP contribution in [0.4, 0.5) is 0 Å². The molecule has 4 heteroatoms. The van der Waals surface area contributed by atoms with Gasteiger partial charge >= 0.3 is 0 Å². The largest absolute Gasteiger partial charge is 0.341 e. The van der Waals surface area contributed by atoms with E-state index >= 15 is 0 Å². The number of hydrogen-bond donors (Lipinski definition) is 2. The molecular formula is C10H12N2O2. The van der Waals surface area contributed by atoms with Gasteiger partial charge in [-0.05, 0) is 5.56 Å². The summed E-state index contributed by atoms with van der Waals surface area (Å²) in [5.74, 6) is -0.342. The molecule has 0 spiro atoms. The number of nitrogens with two attached hydrogens (primary N) is 1. The van der Waals surface area contributed by atoms with Crippen molar-refractivity contribution < 1.29 is 9.59 Å². The van der Waals surface area contributed by atoms with Crippen LogP contribution in [0.5, 0.6) is 0 Å². The molecule has 1 rings (SSSR count). The van der Waals surface area contributed by atoms with Crippen LogP contribution in [0.3, 0.4) is 0 Å². The number of carbonyl (C=O) groups excluding carboxylic acids is 2. The molecule has 0 saturated carbocycles. The van der Waals surface area contributed by atoms with Crippen LogP contribution in [-0.2, 0) is 9.59 Å². The summed E-state index contributed by atoms with van der Waals surface area (Å²) in [4.78, 5) is 21.7. The van der Waals surface area contributed by atoms with Crippen LogP contribution in [0.25, 0.3) is 0 Å². The summed E-state index contributed by atoms with van der Waals surface area (Å²) in [7, 11) is 0. The molecule has 14 heavy (non-hydrogen) atoms. The lowest BCUT2D eigenvalue weighted by atomic mass is 10.1. The van der Waals surface area contributed by atoms with E-state index in [2.05, 4.69) is 5.32 Å². The molecule has 0 saturated heterocycles. The molecule has 0 heterocycles. The van der Waals surface area contributed by atoms with E-state index in [1.807, 2.05) is 6.07 Å². The molecule has 0 radical (unpaired) electrons. The maximum atomic E-state index is 11.0. The fourth-order valence-electron chi connectivity index (χ4n) is 1.09. The van der Waals surface area contributed by atoms with Crippen LogP contribution in [0, 0.1) is 0 Å².